The molecule has 0 atom stereocenters. The average Bonchev–Trinajstić information content (AvgIpc) is 3.09. The Balaban J connectivity index is 1.33. The van der Waals surface area contributed by atoms with Crippen LogP contribution >= 0.6 is 0 Å². The topological polar surface area (TPSA) is 75.6 Å². The van der Waals surface area contributed by atoms with Gasteiger partial charge in [0.05, 0.1) is 5.56 Å². The molecular formula is C25H20FNO4. The maximum Gasteiger partial charge on any atom is 0.407 e. The van der Waals surface area contributed by atoms with Gasteiger partial charge in [0.15, 0.2) is 0 Å². The Kier molecular flexibility index (Phi) is 5.80. The first kappa shape index (κ1) is 20.3. The van der Waals surface area contributed by atoms with Crippen molar-refractivity contribution in [3.05, 3.63) is 101 Å². The van der Waals surface area contributed by atoms with E-state index in [1.165, 1.54) is 12.1 Å². The summed E-state index contributed by atoms with van der Waals surface area (Å²) in [7, 11) is 0. The summed E-state index contributed by atoms with van der Waals surface area (Å²) in [5.41, 5.74) is 4.85. The molecule has 1 aliphatic rings. The molecule has 3 aromatic rings. The van der Waals surface area contributed by atoms with E-state index in [-0.39, 0.29) is 24.6 Å². The highest BCUT2D eigenvalue weighted by Gasteiger charge is 2.28. The number of aromatic carboxylic acids is 1. The molecule has 0 saturated carbocycles. The third kappa shape index (κ3) is 4.48. The lowest BCUT2D eigenvalue weighted by Crippen LogP contribution is -2.26. The summed E-state index contributed by atoms with van der Waals surface area (Å²) in [6.45, 7) is 0.380. The minimum atomic E-state index is -1.20. The van der Waals surface area contributed by atoms with Crippen LogP contribution in [0.25, 0.3) is 17.2 Å². The molecule has 1 amide bonds. The maximum absolute atomic E-state index is 13.5. The van der Waals surface area contributed by atoms with Gasteiger partial charge in [-0.25, -0.2) is 14.0 Å². The number of alkyl carbamates (subject to hydrolysis) is 1. The van der Waals surface area contributed by atoms with E-state index in [1.54, 1.807) is 12.2 Å². The maximum atomic E-state index is 13.5. The van der Waals surface area contributed by atoms with Crippen molar-refractivity contribution in [1.29, 1.82) is 0 Å². The standard InChI is InChI=1S/C25H20FNO4/c26-18-13-16(12-17(14-18)24(28)29)6-5-11-27-25(30)31-15-23-21-9-3-1-7-19(21)20-8-2-4-10-22(20)23/h1-10,12-14,23H,11,15H2,(H,27,30)(H,28,29). The fraction of sp³-hybridized carbons (Fsp3) is 0.120. The van der Waals surface area contributed by atoms with Crippen LogP contribution in [-0.2, 0) is 4.74 Å². The van der Waals surface area contributed by atoms with Crippen LogP contribution in [0.1, 0.15) is 33.0 Å². The molecule has 31 heavy (non-hydrogen) atoms. The molecule has 0 spiro atoms. The Morgan fingerprint density at radius 1 is 1.00 bits per heavy atom. The summed E-state index contributed by atoms with van der Waals surface area (Å²) < 4.78 is 18.9. The molecule has 0 aliphatic heterocycles. The number of hydrogen-bond donors (Lipinski definition) is 2. The molecule has 6 heteroatoms. The number of nitrogens with one attached hydrogen (secondary N) is 1. The predicted octanol–water partition coefficient (Wildman–Crippen LogP) is 5.08. The van der Waals surface area contributed by atoms with E-state index >= 15 is 0 Å². The molecule has 0 unspecified atom stereocenters. The summed E-state index contributed by atoms with van der Waals surface area (Å²) in [6, 6.07) is 19.7. The van der Waals surface area contributed by atoms with Crippen LogP contribution in [0.3, 0.4) is 0 Å². The zero-order chi connectivity index (χ0) is 21.8. The van der Waals surface area contributed by atoms with Crippen molar-refractivity contribution in [3.8, 4) is 11.1 Å². The predicted molar refractivity (Wildman–Crippen MR) is 115 cm³/mol. The molecule has 0 bridgehead atoms. The Bertz CT molecular complexity index is 1130. The molecule has 2 N–H and O–H groups in total. The summed E-state index contributed by atoms with van der Waals surface area (Å²) in [4.78, 5) is 23.1. The molecular weight excluding hydrogens is 397 g/mol. The van der Waals surface area contributed by atoms with Crippen LogP contribution < -0.4 is 5.32 Å². The van der Waals surface area contributed by atoms with E-state index in [4.69, 9.17) is 9.84 Å². The van der Waals surface area contributed by atoms with E-state index < -0.39 is 17.9 Å². The first-order valence-electron chi connectivity index (χ1n) is 9.82. The van der Waals surface area contributed by atoms with Crippen molar-refractivity contribution in [1.82, 2.24) is 5.32 Å². The van der Waals surface area contributed by atoms with E-state index in [2.05, 4.69) is 17.4 Å². The first-order chi connectivity index (χ1) is 15.0. The fourth-order valence-electron chi connectivity index (χ4n) is 3.82. The van der Waals surface area contributed by atoms with Crippen molar-refractivity contribution in [2.45, 2.75) is 5.92 Å². The Morgan fingerprint density at radius 2 is 1.65 bits per heavy atom. The smallest absolute Gasteiger partial charge is 0.407 e. The van der Waals surface area contributed by atoms with Crippen LogP contribution in [0.2, 0.25) is 0 Å². The number of benzene rings is 3. The van der Waals surface area contributed by atoms with E-state index in [9.17, 15) is 14.0 Å². The second-order valence-corrected chi connectivity index (χ2v) is 7.19. The number of amides is 1. The highest BCUT2D eigenvalue weighted by atomic mass is 19.1. The number of halogens is 1. The van der Waals surface area contributed by atoms with Crippen molar-refractivity contribution in [3.63, 3.8) is 0 Å². The monoisotopic (exact) mass is 417 g/mol. The van der Waals surface area contributed by atoms with Gasteiger partial charge < -0.3 is 15.2 Å². The number of hydrogen-bond acceptors (Lipinski definition) is 3. The van der Waals surface area contributed by atoms with E-state index in [0.717, 1.165) is 28.3 Å². The Hall–Kier alpha value is -3.93. The molecule has 0 fully saturated rings. The number of carbonyl (C=O) groups is 2. The third-order valence-electron chi connectivity index (χ3n) is 5.19. The van der Waals surface area contributed by atoms with Gasteiger partial charge in [-0.3, -0.25) is 0 Å². The summed E-state index contributed by atoms with van der Waals surface area (Å²) in [5.74, 6) is -1.86. The van der Waals surface area contributed by atoms with E-state index in [1.807, 2.05) is 36.4 Å². The minimum Gasteiger partial charge on any atom is -0.478 e. The number of ether oxygens (including phenoxy) is 1. The number of rotatable bonds is 6. The number of fused-ring (bicyclic) bond motifs is 3. The molecule has 3 aromatic carbocycles. The van der Waals surface area contributed by atoms with Gasteiger partial charge in [-0.05, 0) is 46.0 Å². The normalized spacial score (nSPS) is 12.4. The van der Waals surface area contributed by atoms with Crippen molar-refractivity contribution < 1.29 is 23.8 Å². The quantitative estimate of drug-likeness (QED) is 0.587. The van der Waals surface area contributed by atoms with Gasteiger partial charge in [0.1, 0.15) is 12.4 Å². The van der Waals surface area contributed by atoms with Crippen LogP contribution in [-0.4, -0.2) is 30.3 Å². The lowest BCUT2D eigenvalue weighted by molar-refractivity contribution is 0.0696. The second-order valence-electron chi connectivity index (χ2n) is 7.19. The number of carboxylic acids is 1. The molecule has 5 nitrogen and oxygen atoms in total. The minimum absolute atomic E-state index is 0.0181. The number of carbonyl (C=O) groups excluding carboxylic acids is 1. The first-order valence-corrected chi connectivity index (χ1v) is 9.82. The fourth-order valence-corrected chi connectivity index (χ4v) is 3.82. The van der Waals surface area contributed by atoms with Crippen LogP contribution in [0.4, 0.5) is 9.18 Å². The molecule has 156 valence electrons. The second kappa shape index (κ2) is 8.83. The summed E-state index contributed by atoms with van der Waals surface area (Å²) in [6.07, 6.45) is 2.58. The van der Waals surface area contributed by atoms with Crippen LogP contribution in [0.5, 0.6) is 0 Å². The molecule has 1 aliphatic carbocycles. The highest BCUT2D eigenvalue weighted by molar-refractivity contribution is 5.88. The SMILES string of the molecule is O=C(NCC=Cc1cc(F)cc(C(=O)O)c1)OCC1c2ccccc2-c2ccccc21. The zero-order valence-corrected chi connectivity index (χ0v) is 16.5. The third-order valence-corrected chi connectivity index (χ3v) is 5.19. The van der Waals surface area contributed by atoms with Crippen molar-refractivity contribution >= 4 is 18.1 Å². The molecule has 4 rings (SSSR count). The van der Waals surface area contributed by atoms with Crippen molar-refractivity contribution in [2.24, 2.45) is 0 Å². The zero-order valence-electron chi connectivity index (χ0n) is 16.5. The lowest BCUT2D eigenvalue weighted by atomic mass is 9.98. The molecule has 0 heterocycles. The molecule has 0 radical (unpaired) electrons. The number of carboxylic acid groups (broad SMARTS) is 1. The summed E-state index contributed by atoms with van der Waals surface area (Å²) in [5, 5.41) is 11.6. The van der Waals surface area contributed by atoms with Gasteiger partial charge in [-0.2, -0.15) is 0 Å². The molecule has 0 saturated heterocycles. The van der Waals surface area contributed by atoms with E-state index in [0.29, 0.717) is 5.56 Å². The average molecular weight is 417 g/mol. The van der Waals surface area contributed by atoms with Crippen LogP contribution in [0.15, 0.2) is 72.8 Å². The van der Waals surface area contributed by atoms with Gasteiger partial charge in [-0.15, -0.1) is 0 Å². The van der Waals surface area contributed by atoms with Crippen LogP contribution in [0, 0.1) is 5.82 Å². The van der Waals surface area contributed by atoms with Gasteiger partial charge >= 0.3 is 12.1 Å². The largest absolute Gasteiger partial charge is 0.478 e. The van der Waals surface area contributed by atoms with Gasteiger partial charge in [0.25, 0.3) is 0 Å². The van der Waals surface area contributed by atoms with Gasteiger partial charge in [-0.1, -0.05) is 60.7 Å². The van der Waals surface area contributed by atoms with Crippen molar-refractivity contribution in [2.75, 3.05) is 13.2 Å². The van der Waals surface area contributed by atoms with Gasteiger partial charge in [0.2, 0.25) is 0 Å². The summed E-state index contributed by atoms with van der Waals surface area (Å²) >= 11 is 0. The van der Waals surface area contributed by atoms with Gasteiger partial charge in [0, 0.05) is 12.5 Å². The lowest BCUT2D eigenvalue weighted by Gasteiger charge is -2.14. The Labute approximate surface area is 178 Å². The Morgan fingerprint density at radius 3 is 2.29 bits per heavy atom. The molecule has 0 aromatic heterocycles. The highest BCUT2D eigenvalue weighted by Crippen LogP contribution is 2.44.